The third-order valence-corrected chi connectivity index (χ3v) is 2.37. The summed E-state index contributed by atoms with van der Waals surface area (Å²) in [6.07, 6.45) is -1.56. The van der Waals surface area contributed by atoms with E-state index >= 15 is 0 Å². The number of para-hydroxylation sites is 2. The van der Waals surface area contributed by atoms with Crippen LogP contribution in [0.5, 0.6) is 11.5 Å². The van der Waals surface area contributed by atoms with E-state index in [9.17, 15) is 9.59 Å². The molecule has 19 heavy (non-hydrogen) atoms. The predicted molar refractivity (Wildman–Crippen MR) is 60.4 cm³/mol. The summed E-state index contributed by atoms with van der Waals surface area (Å²) in [5.41, 5.74) is 0. The topological polar surface area (TPSA) is 80.3 Å². The molecule has 0 unspecified atom stereocenters. The van der Waals surface area contributed by atoms with Crippen molar-refractivity contribution in [2.75, 3.05) is 14.2 Å². The van der Waals surface area contributed by atoms with E-state index in [1.807, 2.05) is 0 Å². The smallest absolute Gasteiger partial charge is 0.362 e. The van der Waals surface area contributed by atoms with Crippen molar-refractivity contribution in [1.29, 1.82) is 0 Å². The van der Waals surface area contributed by atoms with Crippen LogP contribution in [0.15, 0.2) is 24.3 Å². The van der Waals surface area contributed by atoms with Crippen LogP contribution < -0.4 is 9.47 Å². The molecular weight excluding hydrogens is 256 g/mol. The minimum Gasteiger partial charge on any atom is -0.467 e. The maximum atomic E-state index is 11.4. The van der Waals surface area contributed by atoms with Crippen LogP contribution in [0.2, 0.25) is 0 Å². The first kappa shape index (κ1) is 13.2. The molecule has 1 aliphatic rings. The van der Waals surface area contributed by atoms with E-state index in [-0.39, 0.29) is 0 Å². The zero-order chi connectivity index (χ0) is 13.8. The van der Waals surface area contributed by atoms with E-state index in [0.717, 1.165) is 14.2 Å². The number of esters is 2. The molecule has 0 saturated heterocycles. The number of ether oxygens (including phenoxy) is 5. The first-order chi connectivity index (χ1) is 9.15. The molecule has 1 heterocycles. The molecule has 1 aromatic rings. The minimum absolute atomic E-state index is 0.459. The van der Waals surface area contributed by atoms with Crippen LogP contribution in [-0.2, 0) is 23.8 Å². The molecule has 0 amide bonds. The summed E-state index contributed by atoms with van der Waals surface area (Å²) in [4.78, 5) is 22.8. The Kier molecular flexibility index (Phi) is 3.86. The van der Waals surface area contributed by atoms with Gasteiger partial charge in [-0.2, -0.15) is 0 Å². The summed E-state index contributed by atoms with van der Waals surface area (Å²) in [7, 11) is 2.26. The Balaban J connectivity index is 2.04. The number of carbonyl (C=O) groups is 2. The van der Waals surface area contributed by atoms with Crippen molar-refractivity contribution >= 4 is 11.9 Å². The SMILES string of the molecule is COC(=O)C(OC1Oc2ccccc2O1)C(=O)OC. The highest BCUT2D eigenvalue weighted by atomic mass is 16.9. The molecular formula is C12H12O7. The lowest BCUT2D eigenvalue weighted by Gasteiger charge is -2.16. The normalized spacial score (nSPS) is 13.4. The van der Waals surface area contributed by atoms with Crippen molar-refractivity contribution in [2.24, 2.45) is 0 Å². The zero-order valence-corrected chi connectivity index (χ0v) is 10.3. The standard InChI is InChI=1S/C12H12O7/c1-15-10(13)9(11(14)16-2)19-12-17-7-5-3-4-6-8(7)18-12/h3-6,9,12H,1-2H3. The molecule has 1 aliphatic heterocycles. The Bertz CT molecular complexity index is 444. The van der Waals surface area contributed by atoms with Crippen molar-refractivity contribution < 1.29 is 33.3 Å². The maximum Gasteiger partial charge on any atom is 0.362 e. The van der Waals surface area contributed by atoms with Crippen LogP contribution >= 0.6 is 0 Å². The van der Waals surface area contributed by atoms with Gasteiger partial charge in [0, 0.05) is 0 Å². The van der Waals surface area contributed by atoms with Gasteiger partial charge in [-0.15, -0.1) is 0 Å². The molecule has 2 rings (SSSR count). The van der Waals surface area contributed by atoms with E-state index < -0.39 is 24.5 Å². The van der Waals surface area contributed by atoms with E-state index in [4.69, 9.17) is 14.2 Å². The molecule has 0 spiro atoms. The lowest BCUT2D eigenvalue weighted by molar-refractivity contribution is -0.221. The van der Waals surface area contributed by atoms with E-state index in [1.165, 1.54) is 0 Å². The Morgan fingerprint density at radius 2 is 1.53 bits per heavy atom. The van der Waals surface area contributed by atoms with Crippen LogP contribution in [0.3, 0.4) is 0 Å². The monoisotopic (exact) mass is 268 g/mol. The predicted octanol–water partition coefficient (Wildman–Crippen LogP) is 0.473. The number of methoxy groups -OCH3 is 2. The first-order valence-electron chi connectivity index (χ1n) is 5.39. The molecule has 1 aromatic carbocycles. The molecule has 0 fully saturated rings. The van der Waals surface area contributed by atoms with Gasteiger partial charge in [0.15, 0.2) is 11.5 Å². The zero-order valence-electron chi connectivity index (χ0n) is 10.3. The molecule has 0 atom stereocenters. The minimum atomic E-state index is -1.56. The highest BCUT2D eigenvalue weighted by molar-refractivity contribution is 5.97. The summed E-state index contributed by atoms with van der Waals surface area (Å²) in [6.45, 7) is -1.21. The van der Waals surface area contributed by atoms with E-state index in [2.05, 4.69) is 9.47 Å². The Labute approximate surface area is 109 Å². The van der Waals surface area contributed by atoms with Crippen molar-refractivity contribution in [1.82, 2.24) is 0 Å². The van der Waals surface area contributed by atoms with Gasteiger partial charge in [-0.25, -0.2) is 9.59 Å². The number of hydrogen-bond acceptors (Lipinski definition) is 7. The molecule has 0 aromatic heterocycles. The quantitative estimate of drug-likeness (QED) is 0.580. The first-order valence-corrected chi connectivity index (χ1v) is 5.39. The Morgan fingerprint density at radius 3 is 1.95 bits per heavy atom. The largest absolute Gasteiger partial charge is 0.467 e. The van der Waals surface area contributed by atoms with Crippen LogP contribution in [0.1, 0.15) is 0 Å². The number of fused-ring (bicyclic) bond motifs is 1. The van der Waals surface area contributed by atoms with Gasteiger partial charge in [0.05, 0.1) is 14.2 Å². The average Bonchev–Trinajstić information content (AvgIpc) is 2.85. The van der Waals surface area contributed by atoms with Gasteiger partial charge < -0.3 is 18.9 Å². The second kappa shape index (κ2) is 5.57. The highest BCUT2D eigenvalue weighted by Crippen LogP contribution is 2.34. The third kappa shape index (κ3) is 2.76. The second-order valence-electron chi connectivity index (χ2n) is 3.53. The van der Waals surface area contributed by atoms with Crippen LogP contribution in [0, 0.1) is 0 Å². The fourth-order valence-corrected chi connectivity index (χ4v) is 1.46. The summed E-state index contributed by atoms with van der Waals surface area (Å²) in [6, 6.07) is 6.85. The average molecular weight is 268 g/mol. The van der Waals surface area contributed by atoms with Crippen LogP contribution in [0.4, 0.5) is 0 Å². The van der Waals surface area contributed by atoms with Crippen molar-refractivity contribution in [3.63, 3.8) is 0 Å². The van der Waals surface area contributed by atoms with Gasteiger partial charge in [-0.3, -0.25) is 4.74 Å². The lowest BCUT2D eigenvalue weighted by Crippen LogP contribution is -2.40. The Morgan fingerprint density at radius 1 is 1.05 bits per heavy atom. The van der Waals surface area contributed by atoms with Gasteiger partial charge in [0.25, 0.3) is 6.10 Å². The van der Waals surface area contributed by atoms with Gasteiger partial charge >= 0.3 is 18.4 Å². The molecule has 7 nitrogen and oxygen atoms in total. The van der Waals surface area contributed by atoms with Crippen LogP contribution in [0.25, 0.3) is 0 Å². The molecule has 7 heteroatoms. The van der Waals surface area contributed by atoms with Gasteiger partial charge in [-0.1, -0.05) is 12.1 Å². The fraction of sp³-hybridized carbons (Fsp3) is 0.333. The third-order valence-electron chi connectivity index (χ3n) is 2.37. The number of carbonyl (C=O) groups excluding carboxylic acids is 2. The molecule has 0 bridgehead atoms. The van der Waals surface area contributed by atoms with E-state index in [0.29, 0.717) is 11.5 Å². The van der Waals surface area contributed by atoms with Gasteiger partial charge in [-0.05, 0) is 12.1 Å². The molecule has 0 radical (unpaired) electrons. The molecule has 102 valence electrons. The number of rotatable bonds is 4. The lowest BCUT2D eigenvalue weighted by atomic mass is 10.3. The summed E-state index contributed by atoms with van der Waals surface area (Å²) < 4.78 is 24.5. The number of hydrogen-bond donors (Lipinski definition) is 0. The Hall–Kier alpha value is -2.28. The molecule has 0 saturated carbocycles. The van der Waals surface area contributed by atoms with E-state index in [1.54, 1.807) is 24.3 Å². The van der Waals surface area contributed by atoms with Gasteiger partial charge in [0.2, 0.25) is 0 Å². The number of benzene rings is 1. The summed E-state index contributed by atoms with van der Waals surface area (Å²) in [5, 5.41) is 0. The van der Waals surface area contributed by atoms with Crippen molar-refractivity contribution in [3.05, 3.63) is 24.3 Å². The maximum absolute atomic E-state index is 11.4. The second-order valence-corrected chi connectivity index (χ2v) is 3.53. The summed E-state index contributed by atoms with van der Waals surface area (Å²) in [5.74, 6) is -0.869. The van der Waals surface area contributed by atoms with Gasteiger partial charge in [0.1, 0.15) is 0 Å². The van der Waals surface area contributed by atoms with Crippen molar-refractivity contribution in [2.45, 2.75) is 12.6 Å². The van der Waals surface area contributed by atoms with Crippen molar-refractivity contribution in [3.8, 4) is 11.5 Å². The van der Waals surface area contributed by atoms with Crippen LogP contribution in [-0.4, -0.2) is 38.7 Å². The fourth-order valence-electron chi connectivity index (χ4n) is 1.46. The highest BCUT2D eigenvalue weighted by Gasteiger charge is 2.36. The summed E-state index contributed by atoms with van der Waals surface area (Å²) >= 11 is 0. The molecule has 0 aliphatic carbocycles. The molecule has 0 N–H and O–H groups in total.